The minimum absolute atomic E-state index is 0.249. The van der Waals surface area contributed by atoms with Gasteiger partial charge in [-0.25, -0.2) is 4.79 Å². The number of rotatable bonds is 5. The van der Waals surface area contributed by atoms with Gasteiger partial charge in [-0.2, -0.15) is 0 Å². The average molecular weight is 314 g/mol. The number of amides is 1. The van der Waals surface area contributed by atoms with Crippen molar-refractivity contribution in [3.05, 3.63) is 45.5 Å². The van der Waals surface area contributed by atoms with Crippen LogP contribution < -0.4 is 5.32 Å². The summed E-state index contributed by atoms with van der Waals surface area (Å²) in [6.07, 6.45) is 0.629. The van der Waals surface area contributed by atoms with Gasteiger partial charge in [-0.1, -0.05) is 11.6 Å². The van der Waals surface area contributed by atoms with E-state index in [9.17, 15) is 9.59 Å². The second kappa shape index (κ2) is 6.58. The number of furan rings is 1. The van der Waals surface area contributed by atoms with E-state index in [0.717, 1.165) is 11.3 Å². The van der Waals surface area contributed by atoms with Gasteiger partial charge >= 0.3 is 5.97 Å². The number of carbonyl (C=O) groups is 2. The molecule has 0 unspecified atom stereocenters. The van der Waals surface area contributed by atoms with Crippen molar-refractivity contribution in [2.45, 2.75) is 19.6 Å². The summed E-state index contributed by atoms with van der Waals surface area (Å²) < 4.78 is 10.6. The summed E-state index contributed by atoms with van der Waals surface area (Å²) in [5.41, 5.74) is 0. The van der Waals surface area contributed by atoms with Gasteiger partial charge in [-0.15, -0.1) is 11.3 Å². The molecule has 0 spiro atoms. The molecule has 2 rings (SSSR count). The van der Waals surface area contributed by atoms with E-state index in [1.54, 1.807) is 24.3 Å². The van der Waals surface area contributed by atoms with E-state index >= 15 is 0 Å². The lowest BCUT2D eigenvalue weighted by Crippen LogP contribution is -2.35. The van der Waals surface area contributed by atoms with Crippen molar-refractivity contribution < 1.29 is 18.7 Å². The SMILES string of the molecule is C[C@@H](OC(=O)c1ccc(Cl)s1)C(=O)NCc1ccco1. The summed E-state index contributed by atoms with van der Waals surface area (Å²) in [4.78, 5) is 23.9. The standard InChI is InChI=1S/C13H12ClNO4S/c1-8(12(16)15-7-9-3-2-6-18-9)19-13(17)10-4-5-11(14)20-10/h2-6,8H,7H2,1H3,(H,15,16)/t8-/m1/s1. The molecule has 0 aliphatic rings. The number of ether oxygens (including phenoxy) is 1. The summed E-state index contributed by atoms with van der Waals surface area (Å²) in [6.45, 7) is 1.75. The Kier molecular flexibility index (Phi) is 4.81. The molecular weight excluding hydrogens is 302 g/mol. The summed E-state index contributed by atoms with van der Waals surface area (Å²) >= 11 is 6.84. The van der Waals surface area contributed by atoms with Gasteiger partial charge in [-0.3, -0.25) is 4.79 Å². The molecule has 2 heterocycles. The quantitative estimate of drug-likeness (QED) is 0.862. The zero-order chi connectivity index (χ0) is 14.5. The van der Waals surface area contributed by atoms with E-state index in [-0.39, 0.29) is 6.54 Å². The van der Waals surface area contributed by atoms with Gasteiger partial charge in [0.1, 0.15) is 10.6 Å². The zero-order valence-corrected chi connectivity index (χ0v) is 12.2. The molecule has 2 aromatic rings. The van der Waals surface area contributed by atoms with Crippen molar-refractivity contribution in [1.82, 2.24) is 5.32 Å². The molecule has 0 saturated carbocycles. The topological polar surface area (TPSA) is 68.5 Å². The molecule has 0 aliphatic heterocycles. The highest BCUT2D eigenvalue weighted by Crippen LogP contribution is 2.22. The number of carbonyl (C=O) groups excluding carboxylic acids is 2. The zero-order valence-electron chi connectivity index (χ0n) is 10.6. The van der Waals surface area contributed by atoms with Crippen molar-refractivity contribution in [2.24, 2.45) is 0 Å². The van der Waals surface area contributed by atoms with Crippen molar-refractivity contribution in [2.75, 3.05) is 0 Å². The number of esters is 1. The number of halogens is 1. The molecule has 0 saturated heterocycles. The molecule has 1 atom stereocenters. The van der Waals surface area contributed by atoms with E-state index in [1.807, 2.05) is 0 Å². The highest BCUT2D eigenvalue weighted by Gasteiger charge is 2.19. The monoisotopic (exact) mass is 313 g/mol. The summed E-state index contributed by atoms with van der Waals surface area (Å²) in [6, 6.07) is 6.63. The van der Waals surface area contributed by atoms with E-state index in [1.165, 1.54) is 13.2 Å². The number of thiophene rings is 1. The molecule has 7 heteroatoms. The molecule has 1 N–H and O–H groups in total. The van der Waals surface area contributed by atoms with Crippen LogP contribution in [0.2, 0.25) is 4.34 Å². The first-order valence-corrected chi connectivity index (χ1v) is 7.02. The Hall–Kier alpha value is -1.79. The molecule has 0 aromatic carbocycles. The molecule has 20 heavy (non-hydrogen) atoms. The van der Waals surface area contributed by atoms with Crippen LogP contribution in [0.3, 0.4) is 0 Å². The van der Waals surface area contributed by atoms with Gasteiger partial charge in [0, 0.05) is 0 Å². The molecule has 0 bridgehead atoms. The van der Waals surface area contributed by atoms with Crippen LogP contribution in [0.1, 0.15) is 22.4 Å². The lowest BCUT2D eigenvalue weighted by Gasteiger charge is -2.12. The Morgan fingerprint density at radius 2 is 2.25 bits per heavy atom. The molecular formula is C13H12ClNO4S. The van der Waals surface area contributed by atoms with Crippen LogP contribution in [0.5, 0.6) is 0 Å². The molecule has 106 valence electrons. The van der Waals surface area contributed by atoms with Crippen LogP contribution in [0.25, 0.3) is 0 Å². The third-order valence-electron chi connectivity index (χ3n) is 2.44. The van der Waals surface area contributed by atoms with Crippen LogP contribution in [-0.4, -0.2) is 18.0 Å². The Labute approximate surface area is 124 Å². The predicted molar refractivity (Wildman–Crippen MR) is 74.8 cm³/mol. The first-order valence-electron chi connectivity index (χ1n) is 5.82. The van der Waals surface area contributed by atoms with E-state index in [2.05, 4.69) is 5.32 Å². The maximum Gasteiger partial charge on any atom is 0.349 e. The third-order valence-corrected chi connectivity index (χ3v) is 3.66. The Morgan fingerprint density at radius 1 is 1.45 bits per heavy atom. The lowest BCUT2D eigenvalue weighted by atomic mass is 10.3. The maximum atomic E-state index is 11.8. The minimum Gasteiger partial charge on any atom is -0.467 e. The van der Waals surface area contributed by atoms with Gasteiger partial charge < -0.3 is 14.5 Å². The van der Waals surface area contributed by atoms with Gasteiger partial charge in [0.15, 0.2) is 6.10 Å². The minimum atomic E-state index is -0.890. The van der Waals surface area contributed by atoms with Crippen molar-refractivity contribution in [3.63, 3.8) is 0 Å². The fraction of sp³-hybridized carbons (Fsp3) is 0.231. The largest absolute Gasteiger partial charge is 0.467 e. The Morgan fingerprint density at radius 3 is 2.85 bits per heavy atom. The molecule has 0 fully saturated rings. The number of hydrogen-bond acceptors (Lipinski definition) is 5. The van der Waals surface area contributed by atoms with Crippen molar-refractivity contribution in [3.8, 4) is 0 Å². The second-order valence-electron chi connectivity index (χ2n) is 3.95. The van der Waals surface area contributed by atoms with Crippen LogP contribution >= 0.6 is 22.9 Å². The highest BCUT2D eigenvalue weighted by atomic mass is 35.5. The van der Waals surface area contributed by atoms with Gasteiger partial charge in [-0.05, 0) is 31.2 Å². The summed E-state index contributed by atoms with van der Waals surface area (Å²) in [5, 5.41) is 2.61. The maximum absolute atomic E-state index is 11.8. The normalized spacial score (nSPS) is 11.9. The smallest absolute Gasteiger partial charge is 0.349 e. The second-order valence-corrected chi connectivity index (χ2v) is 5.66. The van der Waals surface area contributed by atoms with Gasteiger partial charge in [0.25, 0.3) is 5.91 Å². The van der Waals surface area contributed by atoms with Crippen LogP contribution in [0.4, 0.5) is 0 Å². The van der Waals surface area contributed by atoms with Crippen molar-refractivity contribution >= 4 is 34.8 Å². The fourth-order valence-electron chi connectivity index (χ4n) is 1.43. The van der Waals surface area contributed by atoms with Crippen molar-refractivity contribution in [1.29, 1.82) is 0 Å². The van der Waals surface area contributed by atoms with E-state index in [0.29, 0.717) is 15.0 Å². The first kappa shape index (κ1) is 14.6. The Bertz CT molecular complexity index is 593. The van der Waals surface area contributed by atoms with Crippen LogP contribution in [-0.2, 0) is 16.1 Å². The molecule has 0 aliphatic carbocycles. The highest BCUT2D eigenvalue weighted by molar-refractivity contribution is 7.17. The van der Waals surface area contributed by atoms with Crippen LogP contribution in [0, 0.1) is 0 Å². The van der Waals surface area contributed by atoms with Gasteiger partial charge in [0.2, 0.25) is 0 Å². The number of nitrogens with one attached hydrogen (secondary N) is 1. The van der Waals surface area contributed by atoms with Crippen LogP contribution in [0.15, 0.2) is 34.9 Å². The predicted octanol–water partition coefficient (Wildman–Crippen LogP) is 2.86. The first-order chi connectivity index (χ1) is 9.56. The lowest BCUT2D eigenvalue weighted by molar-refractivity contribution is -0.129. The van der Waals surface area contributed by atoms with E-state index < -0.39 is 18.0 Å². The third kappa shape index (κ3) is 3.85. The fourth-order valence-corrected chi connectivity index (χ4v) is 2.35. The molecule has 5 nitrogen and oxygen atoms in total. The number of hydrogen-bond donors (Lipinski definition) is 1. The Balaban J connectivity index is 1.83. The summed E-state index contributed by atoms with van der Waals surface area (Å²) in [5.74, 6) is -0.332. The van der Waals surface area contributed by atoms with Gasteiger partial charge in [0.05, 0.1) is 17.1 Å². The molecule has 1 amide bonds. The molecule has 2 aromatic heterocycles. The summed E-state index contributed by atoms with van der Waals surface area (Å²) in [7, 11) is 0. The van der Waals surface area contributed by atoms with E-state index in [4.69, 9.17) is 20.8 Å². The average Bonchev–Trinajstić information content (AvgIpc) is 3.06. The molecule has 0 radical (unpaired) electrons.